The van der Waals surface area contributed by atoms with E-state index < -0.39 is 0 Å². The highest BCUT2D eigenvalue weighted by atomic mass is 79.9. The quantitative estimate of drug-likeness (QED) is 0.667. The number of nitrogens with one attached hydrogen (secondary N) is 1. The summed E-state index contributed by atoms with van der Waals surface area (Å²) < 4.78 is 6.27. The van der Waals surface area contributed by atoms with Crippen molar-refractivity contribution in [3.05, 3.63) is 50.6 Å². The highest BCUT2D eigenvalue weighted by Gasteiger charge is 2.17. The summed E-state index contributed by atoms with van der Waals surface area (Å²) in [5, 5.41) is 2.69. The van der Waals surface area contributed by atoms with Crippen molar-refractivity contribution < 1.29 is 14.3 Å². The first kappa shape index (κ1) is 14.0. The minimum atomic E-state index is -0.217. The van der Waals surface area contributed by atoms with Crippen molar-refractivity contribution in [2.45, 2.75) is 0 Å². The molecule has 1 aliphatic rings. The van der Waals surface area contributed by atoms with E-state index in [1.807, 2.05) is 12.1 Å². The Morgan fingerprint density at radius 3 is 2.95 bits per heavy atom. The van der Waals surface area contributed by atoms with Crippen molar-refractivity contribution in [3.63, 3.8) is 0 Å². The van der Waals surface area contributed by atoms with Crippen LogP contribution in [0.2, 0.25) is 0 Å². The molecule has 2 aromatic rings. The number of hydrogen-bond donors (Lipinski definition) is 1. The molecule has 6 heteroatoms. The van der Waals surface area contributed by atoms with Gasteiger partial charge in [-0.1, -0.05) is 0 Å². The molecular weight excluding hydrogens is 354 g/mol. The largest absolute Gasteiger partial charge is 0.482 e. The van der Waals surface area contributed by atoms with Gasteiger partial charge in [0.15, 0.2) is 12.4 Å². The van der Waals surface area contributed by atoms with Crippen LogP contribution in [0.1, 0.15) is 15.2 Å². The second kappa shape index (κ2) is 5.83. The Bertz CT molecular complexity index is 751. The fourth-order valence-corrected chi connectivity index (χ4v) is 3.23. The summed E-state index contributed by atoms with van der Waals surface area (Å²) in [4.78, 5) is 24.4. The highest BCUT2D eigenvalue weighted by molar-refractivity contribution is 9.11. The van der Waals surface area contributed by atoms with Crippen LogP contribution < -0.4 is 10.1 Å². The van der Waals surface area contributed by atoms with Crippen LogP contribution in [0.3, 0.4) is 0 Å². The SMILES string of the molecule is O=C1COc2ccc(C(=O)C=Cc3ccc(Br)s3)cc2N1. The number of hydrogen-bond acceptors (Lipinski definition) is 4. The van der Waals surface area contributed by atoms with Crippen LogP contribution in [0.15, 0.2) is 40.2 Å². The van der Waals surface area contributed by atoms with Gasteiger partial charge in [-0.2, -0.15) is 0 Å². The zero-order valence-corrected chi connectivity index (χ0v) is 13.2. The van der Waals surface area contributed by atoms with E-state index in [1.54, 1.807) is 35.6 Å². The Morgan fingerprint density at radius 1 is 1.33 bits per heavy atom. The van der Waals surface area contributed by atoms with Crippen molar-refractivity contribution in [1.82, 2.24) is 0 Å². The van der Waals surface area contributed by atoms with Crippen LogP contribution in [0, 0.1) is 0 Å². The monoisotopic (exact) mass is 363 g/mol. The molecule has 0 spiro atoms. The molecule has 106 valence electrons. The van der Waals surface area contributed by atoms with E-state index in [9.17, 15) is 9.59 Å². The number of ketones is 1. The lowest BCUT2D eigenvalue weighted by atomic mass is 10.1. The third-order valence-corrected chi connectivity index (χ3v) is 4.48. The van der Waals surface area contributed by atoms with Crippen LogP contribution >= 0.6 is 27.3 Å². The summed E-state index contributed by atoms with van der Waals surface area (Å²) in [5.74, 6) is 0.241. The van der Waals surface area contributed by atoms with Gasteiger partial charge in [-0.3, -0.25) is 9.59 Å². The standard InChI is InChI=1S/C15H10BrNO3S/c16-14-6-3-10(21-14)2-4-12(18)9-1-5-13-11(7-9)17-15(19)8-20-13/h1-7H,8H2,(H,17,19). The molecule has 21 heavy (non-hydrogen) atoms. The molecule has 1 N–H and O–H groups in total. The molecule has 3 rings (SSSR count). The van der Waals surface area contributed by atoms with Gasteiger partial charge in [-0.15, -0.1) is 11.3 Å². The second-order valence-electron chi connectivity index (χ2n) is 4.39. The molecule has 0 bridgehead atoms. The maximum atomic E-state index is 12.1. The smallest absolute Gasteiger partial charge is 0.262 e. The van der Waals surface area contributed by atoms with Gasteiger partial charge in [0, 0.05) is 10.4 Å². The van der Waals surface area contributed by atoms with Crippen molar-refractivity contribution >= 4 is 50.7 Å². The van der Waals surface area contributed by atoms with E-state index in [-0.39, 0.29) is 18.3 Å². The Morgan fingerprint density at radius 2 is 2.19 bits per heavy atom. The molecular formula is C15H10BrNO3S. The summed E-state index contributed by atoms with van der Waals surface area (Å²) in [6.07, 6.45) is 3.29. The van der Waals surface area contributed by atoms with E-state index in [0.717, 1.165) is 8.66 Å². The first-order chi connectivity index (χ1) is 10.1. The summed E-state index contributed by atoms with van der Waals surface area (Å²) in [6, 6.07) is 8.87. The highest BCUT2D eigenvalue weighted by Crippen LogP contribution is 2.29. The topological polar surface area (TPSA) is 55.4 Å². The van der Waals surface area contributed by atoms with Crippen LogP contribution in [-0.2, 0) is 4.79 Å². The lowest BCUT2D eigenvalue weighted by Crippen LogP contribution is -2.25. The van der Waals surface area contributed by atoms with Gasteiger partial charge in [0.25, 0.3) is 5.91 Å². The van der Waals surface area contributed by atoms with Gasteiger partial charge in [-0.05, 0) is 58.4 Å². The Balaban J connectivity index is 1.80. The summed E-state index contributed by atoms with van der Waals surface area (Å²) in [7, 11) is 0. The third-order valence-electron chi connectivity index (χ3n) is 2.89. The number of amides is 1. The number of thiophene rings is 1. The first-order valence-electron chi connectivity index (χ1n) is 6.16. The minimum absolute atomic E-state index is 0.00739. The van der Waals surface area contributed by atoms with Gasteiger partial charge in [-0.25, -0.2) is 0 Å². The number of anilines is 1. The molecule has 2 heterocycles. The van der Waals surface area contributed by atoms with E-state index in [0.29, 0.717) is 17.0 Å². The van der Waals surface area contributed by atoms with Gasteiger partial charge in [0.05, 0.1) is 9.47 Å². The fourth-order valence-electron chi connectivity index (χ4n) is 1.91. The van der Waals surface area contributed by atoms with Crippen LogP contribution in [-0.4, -0.2) is 18.3 Å². The van der Waals surface area contributed by atoms with E-state index in [2.05, 4.69) is 21.2 Å². The molecule has 0 radical (unpaired) electrons. The average molecular weight is 364 g/mol. The van der Waals surface area contributed by atoms with Crippen LogP contribution in [0.5, 0.6) is 5.75 Å². The summed E-state index contributed by atoms with van der Waals surface area (Å²) in [6.45, 7) is 0.00739. The second-order valence-corrected chi connectivity index (χ2v) is 6.88. The first-order valence-corrected chi connectivity index (χ1v) is 7.77. The number of benzene rings is 1. The average Bonchev–Trinajstić information content (AvgIpc) is 2.89. The third kappa shape index (κ3) is 3.22. The number of fused-ring (bicyclic) bond motifs is 1. The van der Waals surface area contributed by atoms with Crippen molar-refractivity contribution in [1.29, 1.82) is 0 Å². The number of carbonyl (C=O) groups is 2. The molecule has 1 amide bonds. The lowest BCUT2D eigenvalue weighted by molar-refractivity contribution is -0.118. The molecule has 0 unspecified atom stereocenters. The number of rotatable bonds is 3. The molecule has 0 atom stereocenters. The van der Waals surface area contributed by atoms with Gasteiger partial charge in [0.1, 0.15) is 5.75 Å². The Labute approximate surface area is 133 Å². The summed E-state index contributed by atoms with van der Waals surface area (Å²) in [5.41, 5.74) is 1.04. The van der Waals surface area contributed by atoms with Crippen molar-refractivity contribution in [3.8, 4) is 5.75 Å². The maximum absolute atomic E-state index is 12.1. The van der Waals surface area contributed by atoms with Crippen LogP contribution in [0.25, 0.3) is 6.08 Å². The van der Waals surface area contributed by atoms with Gasteiger partial charge < -0.3 is 10.1 Å². The molecule has 0 fully saturated rings. The number of allylic oxidation sites excluding steroid dienone is 1. The number of halogens is 1. The molecule has 0 aliphatic carbocycles. The number of carbonyl (C=O) groups excluding carboxylic acids is 2. The van der Waals surface area contributed by atoms with E-state index in [1.165, 1.54) is 6.08 Å². The molecule has 0 saturated heterocycles. The zero-order chi connectivity index (χ0) is 14.8. The molecule has 1 aromatic heterocycles. The Kier molecular flexibility index (Phi) is 3.90. The summed E-state index contributed by atoms with van der Waals surface area (Å²) >= 11 is 4.93. The Hall–Kier alpha value is -1.92. The lowest BCUT2D eigenvalue weighted by Gasteiger charge is -2.17. The van der Waals surface area contributed by atoms with Gasteiger partial charge >= 0.3 is 0 Å². The van der Waals surface area contributed by atoms with Crippen molar-refractivity contribution in [2.24, 2.45) is 0 Å². The van der Waals surface area contributed by atoms with E-state index >= 15 is 0 Å². The molecule has 4 nitrogen and oxygen atoms in total. The zero-order valence-electron chi connectivity index (χ0n) is 10.8. The predicted molar refractivity (Wildman–Crippen MR) is 86.0 cm³/mol. The molecule has 1 aliphatic heterocycles. The molecule has 1 aromatic carbocycles. The molecule has 0 saturated carbocycles. The van der Waals surface area contributed by atoms with Gasteiger partial charge in [0.2, 0.25) is 0 Å². The minimum Gasteiger partial charge on any atom is -0.482 e. The van der Waals surface area contributed by atoms with E-state index in [4.69, 9.17) is 4.74 Å². The fraction of sp³-hybridized carbons (Fsp3) is 0.0667. The predicted octanol–water partition coefficient (Wildman–Crippen LogP) is 3.74. The van der Waals surface area contributed by atoms with Crippen LogP contribution in [0.4, 0.5) is 5.69 Å². The normalized spacial score (nSPS) is 13.7. The maximum Gasteiger partial charge on any atom is 0.262 e. The number of ether oxygens (including phenoxy) is 1. The van der Waals surface area contributed by atoms with Crippen molar-refractivity contribution in [2.75, 3.05) is 11.9 Å².